The van der Waals surface area contributed by atoms with Crippen LogP contribution in [-0.2, 0) is 40.6 Å². The molecule has 0 aliphatic heterocycles. The van der Waals surface area contributed by atoms with Gasteiger partial charge in [0.2, 0.25) is 0 Å². The Kier molecular flexibility index (Phi) is 37.1. The number of hydrogen-bond donors (Lipinski definition) is 0. The van der Waals surface area contributed by atoms with Gasteiger partial charge < -0.3 is 4.74 Å². The summed E-state index contributed by atoms with van der Waals surface area (Å²) in [6, 6.07) is 0. The van der Waals surface area contributed by atoms with Crippen LogP contribution in [-0.4, -0.2) is 5.97 Å². The minimum Gasteiger partial charge on any atom is 0 e. The van der Waals surface area contributed by atoms with E-state index in [0.29, 0.717) is 5.76 Å². The summed E-state index contributed by atoms with van der Waals surface area (Å²) >= 11 is 0. The number of unbranched alkanes of at least 4 members (excludes halogenated alkanes) is 3. The fourth-order valence-electron chi connectivity index (χ4n) is 1.03. The predicted molar refractivity (Wildman–Crippen MR) is 79.8 cm³/mol. The molecule has 0 fully saturated rings. The summed E-state index contributed by atoms with van der Waals surface area (Å²) < 4.78 is 27.6. The van der Waals surface area contributed by atoms with E-state index in [1.54, 1.807) is 6.08 Å². The molecule has 0 radical (unpaired) electrons. The molecule has 0 aliphatic rings. The Labute approximate surface area is 150 Å². The second-order valence-corrected chi connectivity index (χ2v) is 5.00. The van der Waals surface area contributed by atoms with Gasteiger partial charge in [0.25, 0.3) is 0 Å². The molecule has 0 amide bonds. The first-order chi connectivity index (χ1) is 10.4. The zero-order valence-corrected chi connectivity index (χ0v) is 15.2. The van der Waals surface area contributed by atoms with Crippen LogP contribution in [0.15, 0.2) is 24.5 Å². The van der Waals surface area contributed by atoms with Crippen molar-refractivity contribution < 1.29 is 40.6 Å². The van der Waals surface area contributed by atoms with E-state index >= 15 is 0 Å². The van der Waals surface area contributed by atoms with Crippen molar-refractivity contribution in [3.05, 3.63) is 44.4 Å². The van der Waals surface area contributed by atoms with Crippen LogP contribution >= 0.6 is 0 Å². The van der Waals surface area contributed by atoms with Crippen LogP contribution in [0, 0.1) is 25.4 Å². The van der Waals surface area contributed by atoms with Gasteiger partial charge in [-0.1, -0.05) is 32.4 Å². The van der Waals surface area contributed by atoms with E-state index in [9.17, 15) is 4.79 Å². The van der Waals surface area contributed by atoms with E-state index in [2.05, 4.69) is 33.5 Å². The molecule has 0 bridgehead atoms. The number of esters is 1. The molecule has 0 saturated heterocycles. The third kappa shape index (κ3) is 29.4. The molecule has 0 heterocycles. The average Bonchev–Trinajstić information content (AvgIpc) is 2.52. The molecule has 0 aromatic heterocycles. The molecule has 0 rings (SSSR count). The molecule has 5 nitrogen and oxygen atoms in total. The number of rotatable bonds is 6. The summed E-state index contributed by atoms with van der Waals surface area (Å²) in [5, 5.41) is 0. The third-order valence-corrected chi connectivity index (χ3v) is 2.11. The smallest absolute Gasteiger partial charge is 0 e. The molecule has 0 aliphatic carbocycles. The molecule has 6 heteroatoms. The molecule has 0 unspecified atom stereocenters. The van der Waals surface area contributed by atoms with E-state index in [1.165, 1.54) is 19.3 Å². The molecule has 0 N–H and O–H groups in total. The van der Waals surface area contributed by atoms with E-state index in [1.807, 2.05) is 26.8 Å². The number of hydrogen-bond acceptors (Lipinski definition) is 2. The van der Waals surface area contributed by atoms with Gasteiger partial charge in [0.05, 0.1) is 5.41 Å². The van der Waals surface area contributed by atoms with Crippen LogP contribution in [0.25, 0.3) is 0 Å². The van der Waals surface area contributed by atoms with Gasteiger partial charge in [0.1, 0.15) is 5.76 Å². The topological polar surface area (TPSA) is 86.0 Å². The van der Waals surface area contributed by atoms with Crippen LogP contribution < -0.4 is 0 Å². The fraction of sp³-hybridized carbons (Fsp3) is 0.529. The zero-order valence-electron chi connectivity index (χ0n) is 14.1. The van der Waals surface area contributed by atoms with Crippen molar-refractivity contribution in [2.24, 2.45) is 5.41 Å². The summed E-state index contributed by atoms with van der Waals surface area (Å²) in [6.07, 6.45) is 8.42. The van der Waals surface area contributed by atoms with Crippen LogP contribution in [0.4, 0.5) is 0 Å². The Morgan fingerprint density at radius 2 is 1.52 bits per heavy atom. The number of carbonyl (C=O) groups excluding carboxylic acids is 1. The Morgan fingerprint density at radius 1 is 1.09 bits per heavy atom. The zero-order chi connectivity index (χ0) is 18.6. The van der Waals surface area contributed by atoms with Gasteiger partial charge in [-0.05, 0) is 39.7 Å². The van der Waals surface area contributed by atoms with Crippen molar-refractivity contribution in [3.63, 3.8) is 0 Å². The second-order valence-electron chi connectivity index (χ2n) is 5.00. The predicted octanol–water partition coefficient (Wildman–Crippen LogP) is 4.11. The van der Waals surface area contributed by atoms with Gasteiger partial charge in [0.15, 0.2) is 0 Å². The average molecular weight is 364 g/mol. The quantitative estimate of drug-likeness (QED) is 0.135. The van der Waals surface area contributed by atoms with Crippen LogP contribution in [0.5, 0.6) is 0 Å². The van der Waals surface area contributed by atoms with Crippen molar-refractivity contribution >= 4 is 5.97 Å². The normalized spacial score (nSPS) is 8.43. The van der Waals surface area contributed by atoms with Gasteiger partial charge in [-0.3, -0.25) is 4.79 Å². The van der Waals surface area contributed by atoms with Crippen molar-refractivity contribution in [1.29, 1.82) is 0 Å². The fourth-order valence-corrected chi connectivity index (χ4v) is 1.03. The molecule has 23 heavy (non-hydrogen) atoms. The summed E-state index contributed by atoms with van der Waals surface area (Å²) in [5.41, 5.74) is -0.473. The van der Waals surface area contributed by atoms with Crippen LogP contribution in [0.1, 0.15) is 53.4 Å². The Bertz CT molecular complexity index is 358. The van der Waals surface area contributed by atoms with Crippen LogP contribution in [0.2, 0.25) is 0 Å². The van der Waals surface area contributed by atoms with Crippen LogP contribution in [0.3, 0.4) is 0 Å². The van der Waals surface area contributed by atoms with Crippen molar-refractivity contribution in [3.8, 4) is 0 Å². The first-order valence-corrected chi connectivity index (χ1v) is 6.57. The van der Waals surface area contributed by atoms with E-state index < -0.39 is 5.41 Å². The SMILES string of the molecule is C=C(/C=C/CCCCC)OC(=O)C(C)(C)C.[C-]#[O+].[C-]#[O+].[C-]#[O+].[Fe]. The van der Waals surface area contributed by atoms with Crippen molar-refractivity contribution in [2.75, 3.05) is 0 Å². The summed E-state index contributed by atoms with van der Waals surface area (Å²) in [7, 11) is 0. The van der Waals surface area contributed by atoms with E-state index in [0.717, 1.165) is 6.42 Å². The summed E-state index contributed by atoms with van der Waals surface area (Å²) in [6.45, 7) is 24.9. The first kappa shape index (κ1) is 33.3. The molecular weight excluding hydrogens is 340 g/mol. The maximum absolute atomic E-state index is 11.5. The van der Waals surface area contributed by atoms with E-state index in [-0.39, 0.29) is 23.0 Å². The van der Waals surface area contributed by atoms with Gasteiger partial charge in [-0.2, -0.15) is 0 Å². The van der Waals surface area contributed by atoms with E-state index in [4.69, 9.17) is 18.7 Å². The largest absolute Gasteiger partial charge is 0 e. The monoisotopic (exact) mass is 364 g/mol. The van der Waals surface area contributed by atoms with Gasteiger partial charge in [-0.15, -0.1) is 0 Å². The van der Waals surface area contributed by atoms with Crippen molar-refractivity contribution in [1.82, 2.24) is 0 Å². The third-order valence-electron chi connectivity index (χ3n) is 2.11. The molecule has 0 aromatic carbocycles. The molecule has 0 aromatic rings. The summed E-state index contributed by atoms with van der Waals surface area (Å²) in [5.74, 6) is 0.187. The Balaban J connectivity index is -0.000000137. The number of allylic oxidation sites excluding steroid dienone is 2. The van der Waals surface area contributed by atoms with Crippen molar-refractivity contribution in [2.45, 2.75) is 53.4 Å². The maximum Gasteiger partial charge on any atom is 0 e. The number of carbonyl (C=O) groups is 1. The second kappa shape index (κ2) is 25.6. The molecular formula is C17H24FeO5. The molecule has 0 atom stereocenters. The van der Waals surface area contributed by atoms with Gasteiger partial charge in [0, 0.05) is 17.1 Å². The minimum absolute atomic E-state index is 0. The Morgan fingerprint density at radius 3 is 1.87 bits per heavy atom. The standard InChI is InChI=1S/C14H24O2.3CO.Fe/c1-6-7-8-9-10-11-12(2)16-13(15)14(3,4)5;3*1-2;/h10-11H,2,6-9H2,1,3-5H3;;;;/b11-10+;;;;. The molecule has 130 valence electrons. The summed E-state index contributed by atoms with van der Waals surface area (Å²) in [4.78, 5) is 11.5. The van der Waals surface area contributed by atoms with Gasteiger partial charge >= 0.3 is 39.9 Å². The first-order valence-electron chi connectivity index (χ1n) is 6.57. The van der Waals surface area contributed by atoms with Gasteiger partial charge in [-0.25, -0.2) is 0 Å². The Hall–Kier alpha value is -1.31. The minimum atomic E-state index is -0.473. The molecule has 0 spiro atoms. The molecule has 0 saturated carbocycles. The number of ether oxygens (including phenoxy) is 1. The maximum atomic E-state index is 11.5.